The van der Waals surface area contributed by atoms with Crippen LogP contribution in [0.2, 0.25) is 0 Å². The fourth-order valence-electron chi connectivity index (χ4n) is 3.84. The highest BCUT2D eigenvalue weighted by Gasteiger charge is 2.20. The first-order valence-corrected chi connectivity index (χ1v) is 11.8. The molecule has 1 N–H and O–H groups in total. The predicted molar refractivity (Wildman–Crippen MR) is 137 cm³/mol. The van der Waals surface area contributed by atoms with Crippen molar-refractivity contribution in [3.8, 4) is 21.8 Å². The third-order valence-electron chi connectivity index (χ3n) is 5.48. The summed E-state index contributed by atoms with van der Waals surface area (Å²) in [4.78, 5) is 31.0. The predicted octanol–water partition coefficient (Wildman–Crippen LogP) is 6.02. The summed E-state index contributed by atoms with van der Waals surface area (Å²) in [5.41, 5.74) is 2.68. The smallest absolute Gasteiger partial charge is 0.267 e. The Bertz CT molecular complexity index is 1550. The van der Waals surface area contributed by atoms with Crippen LogP contribution in [0.15, 0.2) is 89.7 Å². The van der Waals surface area contributed by atoms with Crippen molar-refractivity contribution in [2.24, 2.45) is 0 Å². The molecule has 0 saturated carbocycles. The lowest BCUT2D eigenvalue weighted by atomic mass is 10.0. The Morgan fingerprint density at radius 3 is 2.44 bits per heavy atom. The minimum atomic E-state index is -0.225. The second-order valence-electron chi connectivity index (χ2n) is 8.14. The Hall–Kier alpha value is -4.10. The molecule has 0 fully saturated rings. The molecule has 5 rings (SSSR count). The molecule has 0 aliphatic carbocycles. The number of rotatable bonds is 5. The van der Waals surface area contributed by atoms with Crippen LogP contribution in [-0.4, -0.2) is 20.7 Å². The summed E-state index contributed by atoms with van der Waals surface area (Å²) in [5.74, 6) is -0.225. The van der Waals surface area contributed by atoms with Crippen LogP contribution < -0.4 is 10.9 Å². The molecule has 6 nitrogen and oxygen atoms in total. The number of nitrogens with one attached hydrogen (secondary N) is 1. The maximum absolute atomic E-state index is 13.2. The first kappa shape index (κ1) is 21.7. The molecule has 0 aliphatic heterocycles. The molecule has 34 heavy (non-hydrogen) atoms. The van der Waals surface area contributed by atoms with E-state index in [1.54, 1.807) is 6.07 Å². The Morgan fingerprint density at radius 2 is 1.65 bits per heavy atom. The molecule has 0 unspecified atom stereocenters. The van der Waals surface area contributed by atoms with Gasteiger partial charge in [0.2, 0.25) is 0 Å². The fraction of sp³-hybridized carbons (Fsp3) is 0.111. The highest BCUT2D eigenvalue weighted by atomic mass is 32.1. The van der Waals surface area contributed by atoms with Crippen LogP contribution >= 0.6 is 11.3 Å². The monoisotopic (exact) mass is 466 g/mol. The summed E-state index contributed by atoms with van der Waals surface area (Å²) in [6.45, 7) is 3.83. The highest BCUT2D eigenvalue weighted by Crippen LogP contribution is 2.38. The summed E-state index contributed by atoms with van der Waals surface area (Å²) in [6, 6.07) is 26.4. The van der Waals surface area contributed by atoms with Crippen molar-refractivity contribution in [1.82, 2.24) is 14.8 Å². The van der Waals surface area contributed by atoms with Gasteiger partial charge in [0.05, 0.1) is 16.6 Å². The molecule has 0 aliphatic rings. The van der Waals surface area contributed by atoms with Crippen LogP contribution in [-0.2, 0) is 0 Å². The van der Waals surface area contributed by atoms with Gasteiger partial charge in [0, 0.05) is 17.2 Å². The number of anilines is 1. The molecule has 0 bridgehead atoms. The van der Waals surface area contributed by atoms with Crippen molar-refractivity contribution in [2.75, 3.05) is 5.32 Å². The standard InChI is InChI=1S/C27H22N4O2S/c1-17(2)31-23(32)16-15-22(30-31)25-24(19-10-4-3-5-11-19)28-27(34-25)29-26(33)21-14-8-12-18-9-6-7-13-20(18)21/h3-17H,1-2H3,(H,28,29,33). The topological polar surface area (TPSA) is 76.9 Å². The van der Waals surface area contributed by atoms with Crippen LogP contribution in [0.5, 0.6) is 0 Å². The van der Waals surface area contributed by atoms with E-state index in [-0.39, 0.29) is 17.5 Å². The Morgan fingerprint density at radius 1 is 0.912 bits per heavy atom. The second-order valence-corrected chi connectivity index (χ2v) is 9.14. The van der Waals surface area contributed by atoms with Crippen molar-refractivity contribution in [1.29, 1.82) is 0 Å². The maximum Gasteiger partial charge on any atom is 0.267 e. The van der Waals surface area contributed by atoms with E-state index in [1.165, 1.54) is 22.1 Å². The highest BCUT2D eigenvalue weighted by molar-refractivity contribution is 7.19. The zero-order chi connectivity index (χ0) is 23.7. The number of amides is 1. The number of fused-ring (bicyclic) bond motifs is 1. The van der Waals surface area contributed by atoms with Gasteiger partial charge in [-0.25, -0.2) is 9.67 Å². The molecule has 2 aromatic heterocycles. The molecule has 5 aromatic rings. The quantitative estimate of drug-likeness (QED) is 0.344. The van der Waals surface area contributed by atoms with Gasteiger partial charge in [0.1, 0.15) is 5.69 Å². The van der Waals surface area contributed by atoms with Crippen molar-refractivity contribution in [2.45, 2.75) is 19.9 Å². The van der Waals surface area contributed by atoms with E-state index in [9.17, 15) is 9.59 Å². The third kappa shape index (κ3) is 4.13. The van der Waals surface area contributed by atoms with E-state index < -0.39 is 0 Å². The van der Waals surface area contributed by atoms with Gasteiger partial charge in [-0.15, -0.1) is 0 Å². The molecular weight excluding hydrogens is 444 g/mol. The second kappa shape index (κ2) is 9.03. The lowest BCUT2D eigenvalue weighted by Gasteiger charge is -2.09. The number of hydrogen-bond acceptors (Lipinski definition) is 5. The van der Waals surface area contributed by atoms with Gasteiger partial charge in [0.15, 0.2) is 5.13 Å². The van der Waals surface area contributed by atoms with Gasteiger partial charge in [0.25, 0.3) is 11.5 Å². The van der Waals surface area contributed by atoms with Crippen molar-refractivity contribution in [3.05, 3.63) is 101 Å². The number of carbonyl (C=O) groups is 1. The minimum absolute atomic E-state index is 0.0777. The summed E-state index contributed by atoms with van der Waals surface area (Å²) in [5, 5.41) is 9.90. The first-order chi connectivity index (χ1) is 16.5. The van der Waals surface area contributed by atoms with Gasteiger partial charge in [-0.3, -0.25) is 14.9 Å². The van der Waals surface area contributed by atoms with E-state index in [0.29, 0.717) is 22.1 Å². The largest absolute Gasteiger partial charge is 0.298 e. The molecule has 0 radical (unpaired) electrons. The molecule has 0 saturated heterocycles. The van der Waals surface area contributed by atoms with Crippen LogP contribution in [0.3, 0.4) is 0 Å². The van der Waals surface area contributed by atoms with E-state index in [1.807, 2.05) is 86.6 Å². The Kier molecular flexibility index (Phi) is 5.77. The first-order valence-electron chi connectivity index (χ1n) is 11.0. The zero-order valence-corrected chi connectivity index (χ0v) is 19.5. The molecule has 0 spiro atoms. The van der Waals surface area contributed by atoms with Gasteiger partial charge in [-0.1, -0.05) is 78.1 Å². The molecule has 1 amide bonds. The maximum atomic E-state index is 13.2. The Balaban J connectivity index is 1.58. The van der Waals surface area contributed by atoms with E-state index >= 15 is 0 Å². The van der Waals surface area contributed by atoms with Gasteiger partial charge in [-0.2, -0.15) is 5.10 Å². The molecule has 2 heterocycles. The fourth-order valence-corrected chi connectivity index (χ4v) is 4.79. The normalized spacial score (nSPS) is 11.1. The van der Waals surface area contributed by atoms with Crippen molar-refractivity contribution in [3.63, 3.8) is 0 Å². The van der Waals surface area contributed by atoms with Crippen LogP contribution in [0.4, 0.5) is 5.13 Å². The Labute approximate surface area is 200 Å². The van der Waals surface area contributed by atoms with E-state index in [2.05, 4.69) is 10.4 Å². The molecular formula is C27H22N4O2S. The SMILES string of the molecule is CC(C)n1nc(-c2sc(NC(=O)c3cccc4ccccc34)nc2-c2ccccc2)ccc1=O. The zero-order valence-electron chi connectivity index (χ0n) is 18.7. The summed E-state index contributed by atoms with van der Waals surface area (Å²) in [6.07, 6.45) is 0. The number of hydrogen-bond donors (Lipinski definition) is 1. The summed E-state index contributed by atoms with van der Waals surface area (Å²) >= 11 is 1.34. The number of aromatic nitrogens is 3. The molecule has 168 valence electrons. The average molecular weight is 467 g/mol. The van der Waals surface area contributed by atoms with Gasteiger partial charge < -0.3 is 0 Å². The summed E-state index contributed by atoms with van der Waals surface area (Å²) < 4.78 is 1.46. The summed E-state index contributed by atoms with van der Waals surface area (Å²) in [7, 11) is 0. The lowest BCUT2D eigenvalue weighted by molar-refractivity contribution is 0.102. The van der Waals surface area contributed by atoms with Gasteiger partial charge in [-0.05, 0) is 36.8 Å². The number of benzene rings is 3. The number of thiazole rings is 1. The number of nitrogens with zero attached hydrogens (tertiary/aromatic N) is 3. The minimum Gasteiger partial charge on any atom is -0.298 e. The molecule has 3 aromatic carbocycles. The van der Waals surface area contributed by atoms with E-state index in [4.69, 9.17) is 4.98 Å². The van der Waals surface area contributed by atoms with Crippen LogP contribution in [0.1, 0.15) is 30.2 Å². The average Bonchev–Trinajstić information content (AvgIpc) is 3.28. The van der Waals surface area contributed by atoms with E-state index in [0.717, 1.165) is 21.2 Å². The van der Waals surface area contributed by atoms with Crippen LogP contribution in [0, 0.1) is 0 Å². The van der Waals surface area contributed by atoms with Crippen molar-refractivity contribution < 1.29 is 4.79 Å². The number of carbonyl (C=O) groups excluding carboxylic acids is 1. The van der Waals surface area contributed by atoms with Gasteiger partial charge >= 0.3 is 0 Å². The third-order valence-corrected chi connectivity index (χ3v) is 6.47. The van der Waals surface area contributed by atoms with Crippen LogP contribution in [0.25, 0.3) is 32.6 Å². The molecule has 0 atom stereocenters. The molecule has 7 heteroatoms. The lowest BCUT2D eigenvalue weighted by Crippen LogP contribution is -2.23. The van der Waals surface area contributed by atoms with Crippen molar-refractivity contribution >= 4 is 33.1 Å².